The van der Waals surface area contributed by atoms with E-state index in [1.165, 1.54) is 25.7 Å². The monoisotopic (exact) mass is 293 g/mol. The second kappa shape index (κ2) is 7.95. The summed E-state index contributed by atoms with van der Waals surface area (Å²) in [5.74, 6) is 1.11. The summed E-state index contributed by atoms with van der Waals surface area (Å²) in [6.07, 6.45) is 12.5. The third-order valence-corrected chi connectivity index (χ3v) is 4.62. The Morgan fingerprint density at radius 2 is 2.00 bits per heavy atom. The van der Waals surface area contributed by atoms with Crippen molar-refractivity contribution < 1.29 is 4.74 Å². The van der Waals surface area contributed by atoms with Gasteiger partial charge in [-0.3, -0.25) is 0 Å². The molecule has 0 radical (unpaired) electrons. The average molecular weight is 293 g/mol. The molecule has 2 rings (SSSR count). The average Bonchev–Trinajstić information content (AvgIpc) is 2.75. The first kappa shape index (κ1) is 16.5. The van der Waals surface area contributed by atoms with Gasteiger partial charge in [0, 0.05) is 26.0 Å². The molecule has 0 spiro atoms. The fourth-order valence-electron chi connectivity index (χ4n) is 3.59. The summed E-state index contributed by atoms with van der Waals surface area (Å²) in [4.78, 5) is 4.62. The van der Waals surface area contributed by atoms with Gasteiger partial charge in [-0.25, -0.2) is 4.98 Å². The molecule has 120 valence electrons. The van der Waals surface area contributed by atoms with Gasteiger partial charge in [0.25, 0.3) is 0 Å². The van der Waals surface area contributed by atoms with Crippen molar-refractivity contribution in [1.82, 2.24) is 14.9 Å². The second-order valence-corrected chi connectivity index (χ2v) is 6.20. The molecule has 1 fully saturated rings. The van der Waals surface area contributed by atoms with Gasteiger partial charge in [0.1, 0.15) is 5.82 Å². The van der Waals surface area contributed by atoms with E-state index in [-0.39, 0.29) is 11.6 Å². The van der Waals surface area contributed by atoms with Crippen LogP contribution in [0.2, 0.25) is 0 Å². The normalized spacial score (nSPS) is 20.1. The lowest BCUT2D eigenvalue weighted by Crippen LogP contribution is -2.47. The number of nitrogens with one attached hydrogen (secondary N) is 1. The van der Waals surface area contributed by atoms with Crippen LogP contribution in [-0.4, -0.2) is 28.3 Å². The third-order valence-electron chi connectivity index (χ3n) is 4.62. The summed E-state index contributed by atoms with van der Waals surface area (Å²) >= 11 is 0. The SMILES string of the molecule is CCCNC(c1nccn1C)C1(OCC)CCCCCC1. The van der Waals surface area contributed by atoms with E-state index in [0.29, 0.717) is 0 Å². The number of rotatable bonds is 7. The minimum Gasteiger partial charge on any atom is -0.373 e. The molecule has 0 saturated heterocycles. The fraction of sp³-hybridized carbons (Fsp3) is 0.824. The van der Waals surface area contributed by atoms with Crippen molar-refractivity contribution in [3.05, 3.63) is 18.2 Å². The molecule has 1 atom stereocenters. The van der Waals surface area contributed by atoms with E-state index >= 15 is 0 Å². The molecule has 0 aromatic carbocycles. The Hall–Kier alpha value is -0.870. The molecular formula is C17H31N3O. The van der Waals surface area contributed by atoms with Crippen LogP contribution < -0.4 is 5.32 Å². The van der Waals surface area contributed by atoms with E-state index in [2.05, 4.69) is 35.8 Å². The number of aromatic nitrogens is 2. The highest BCUT2D eigenvalue weighted by atomic mass is 16.5. The molecule has 1 aromatic heterocycles. The predicted molar refractivity (Wildman–Crippen MR) is 86.3 cm³/mol. The molecule has 1 aromatic rings. The standard InChI is InChI=1S/C17H31N3O/c1-4-12-18-15(16-19-13-14-20(16)3)17(21-5-2)10-8-6-7-9-11-17/h13-15,18H,4-12H2,1-3H3. The van der Waals surface area contributed by atoms with Crippen LogP contribution in [0.4, 0.5) is 0 Å². The first-order valence-electron chi connectivity index (χ1n) is 8.58. The smallest absolute Gasteiger partial charge is 0.128 e. The summed E-state index contributed by atoms with van der Waals surface area (Å²) in [6, 6.07) is 0.190. The maximum Gasteiger partial charge on any atom is 0.128 e. The maximum atomic E-state index is 6.37. The van der Waals surface area contributed by atoms with Crippen molar-refractivity contribution in [1.29, 1.82) is 0 Å². The molecule has 4 heteroatoms. The van der Waals surface area contributed by atoms with Crippen LogP contribution in [0.3, 0.4) is 0 Å². The van der Waals surface area contributed by atoms with Crippen LogP contribution in [0.1, 0.15) is 70.7 Å². The second-order valence-electron chi connectivity index (χ2n) is 6.20. The van der Waals surface area contributed by atoms with Crippen LogP contribution in [0.15, 0.2) is 12.4 Å². The van der Waals surface area contributed by atoms with Crippen LogP contribution in [0.5, 0.6) is 0 Å². The van der Waals surface area contributed by atoms with Crippen molar-refractivity contribution in [2.75, 3.05) is 13.2 Å². The van der Waals surface area contributed by atoms with Gasteiger partial charge < -0.3 is 14.6 Å². The molecule has 1 aliphatic rings. The molecule has 21 heavy (non-hydrogen) atoms. The summed E-state index contributed by atoms with van der Waals surface area (Å²) in [5.41, 5.74) is -0.0977. The van der Waals surface area contributed by atoms with Crippen LogP contribution in [0.25, 0.3) is 0 Å². The number of aryl methyl sites for hydroxylation is 1. The molecular weight excluding hydrogens is 262 g/mol. The lowest BCUT2D eigenvalue weighted by atomic mass is 9.85. The van der Waals surface area contributed by atoms with Crippen LogP contribution in [0, 0.1) is 0 Å². The molecule has 1 N–H and O–H groups in total. The fourth-order valence-corrected chi connectivity index (χ4v) is 3.59. The molecule has 4 nitrogen and oxygen atoms in total. The number of nitrogens with zero attached hydrogens (tertiary/aromatic N) is 2. The summed E-state index contributed by atoms with van der Waals surface area (Å²) in [5, 5.41) is 3.73. The number of ether oxygens (including phenoxy) is 1. The highest BCUT2D eigenvalue weighted by molar-refractivity contribution is 5.08. The van der Waals surface area contributed by atoms with Crippen molar-refractivity contribution in [2.24, 2.45) is 7.05 Å². The van der Waals surface area contributed by atoms with Gasteiger partial charge in [0.05, 0.1) is 11.6 Å². The van der Waals surface area contributed by atoms with E-state index in [9.17, 15) is 0 Å². The molecule has 1 aliphatic carbocycles. The van der Waals surface area contributed by atoms with E-state index in [4.69, 9.17) is 4.74 Å². The van der Waals surface area contributed by atoms with Crippen molar-refractivity contribution in [3.8, 4) is 0 Å². The topological polar surface area (TPSA) is 39.1 Å². The Bertz CT molecular complexity index is 408. The van der Waals surface area contributed by atoms with E-state index in [1.54, 1.807) is 0 Å². The Kier molecular flexibility index (Phi) is 6.24. The minimum absolute atomic E-state index is 0.0977. The number of hydrogen-bond donors (Lipinski definition) is 1. The maximum absolute atomic E-state index is 6.37. The van der Waals surface area contributed by atoms with Crippen LogP contribution >= 0.6 is 0 Å². The lowest BCUT2D eigenvalue weighted by molar-refractivity contribution is -0.0805. The quantitative estimate of drug-likeness (QED) is 0.781. The number of hydrogen-bond acceptors (Lipinski definition) is 3. The molecule has 0 amide bonds. The van der Waals surface area contributed by atoms with Crippen molar-refractivity contribution >= 4 is 0 Å². The zero-order valence-corrected chi connectivity index (χ0v) is 13.9. The molecule has 1 saturated carbocycles. The summed E-state index contributed by atoms with van der Waals surface area (Å²) < 4.78 is 8.51. The molecule has 0 aliphatic heterocycles. The summed E-state index contributed by atoms with van der Waals surface area (Å²) in [7, 11) is 2.08. The molecule has 0 bridgehead atoms. The van der Waals surface area contributed by atoms with Crippen LogP contribution in [-0.2, 0) is 11.8 Å². The van der Waals surface area contributed by atoms with Gasteiger partial charge >= 0.3 is 0 Å². The van der Waals surface area contributed by atoms with Gasteiger partial charge in [-0.15, -0.1) is 0 Å². The molecule has 1 unspecified atom stereocenters. The van der Waals surface area contributed by atoms with Crippen molar-refractivity contribution in [2.45, 2.75) is 70.4 Å². The van der Waals surface area contributed by atoms with E-state index < -0.39 is 0 Å². The predicted octanol–water partition coefficient (Wildman–Crippen LogP) is 3.59. The van der Waals surface area contributed by atoms with Gasteiger partial charge in [-0.05, 0) is 32.7 Å². The Labute approximate surface area is 129 Å². The van der Waals surface area contributed by atoms with E-state index in [0.717, 1.165) is 38.2 Å². The largest absolute Gasteiger partial charge is 0.373 e. The van der Waals surface area contributed by atoms with Gasteiger partial charge in [0.15, 0.2) is 0 Å². The minimum atomic E-state index is -0.0977. The van der Waals surface area contributed by atoms with Crippen molar-refractivity contribution in [3.63, 3.8) is 0 Å². The highest BCUT2D eigenvalue weighted by Gasteiger charge is 2.42. The Morgan fingerprint density at radius 1 is 1.29 bits per heavy atom. The Morgan fingerprint density at radius 3 is 2.52 bits per heavy atom. The first-order valence-corrected chi connectivity index (χ1v) is 8.58. The van der Waals surface area contributed by atoms with Gasteiger partial charge in [-0.1, -0.05) is 32.6 Å². The number of imidazole rings is 1. The first-order chi connectivity index (χ1) is 10.2. The van der Waals surface area contributed by atoms with E-state index in [1.807, 2.05) is 12.4 Å². The highest BCUT2D eigenvalue weighted by Crippen LogP contribution is 2.40. The third kappa shape index (κ3) is 3.86. The molecule has 1 heterocycles. The Balaban J connectivity index is 2.31. The van der Waals surface area contributed by atoms with Gasteiger partial charge in [-0.2, -0.15) is 0 Å². The lowest BCUT2D eigenvalue weighted by Gasteiger charge is -2.40. The van der Waals surface area contributed by atoms with Gasteiger partial charge in [0.2, 0.25) is 0 Å². The zero-order valence-electron chi connectivity index (χ0n) is 13.9. The summed E-state index contributed by atoms with van der Waals surface area (Å²) in [6.45, 7) is 6.10. The zero-order chi connectivity index (χ0) is 15.1.